The van der Waals surface area contributed by atoms with Crippen molar-refractivity contribution in [2.24, 2.45) is 4.99 Å². The first kappa shape index (κ1) is 13.1. The SMILES string of the molecule is C=N/C(=C\C=C(/C)C#N)c1ncc2c(n1)CCNC2. The van der Waals surface area contributed by atoms with Crippen molar-refractivity contribution in [3.63, 3.8) is 0 Å². The maximum absolute atomic E-state index is 8.72. The highest BCUT2D eigenvalue weighted by Gasteiger charge is 2.12. The van der Waals surface area contributed by atoms with Crippen molar-refractivity contribution in [1.82, 2.24) is 15.3 Å². The molecule has 0 fully saturated rings. The van der Waals surface area contributed by atoms with Gasteiger partial charge in [0, 0.05) is 36.8 Å². The topological polar surface area (TPSA) is 74.0 Å². The number of nitriles is 1. The zero-order chi connectivity index (χ0) is 13.7. The van der Waals surface area contributed by atoms with E-state index in [1.165, 1.54) is 0 Å². The van der Waals surface area contributed by atoms with E-state index in [1.807, 2.05) is 6.20 Å². The van der Waals surface area contributed by atoms with Crippen LogP contribution >= 0.6 is 0 Å². The number of aliphatic imine (C=N–C) groups is 1. The third-order valence-electron chi connectivity index (χ3n) is 2.88. The fourth-order valence-corrected chi connectivity index (χ4v) is 1.80. The minimum absolute atomic E-state index is 0.553. The Balaban J connectivity index is 2.34. The zero-order valence-corrected chi connectivity index (χ0v) is 10.8. The molecule has 0 aliphatic carbocycles. The van der Waals surface area contributed by atoms with Gasteiger partial charge >= 0.3 is 0 Å². The van der Waals surface area contributed by atoms with E-state index in [0.29, 0.717) is 17.1 Å². The van der Waals surface area contributed by atoms with Crippen LogP contribution in [0.25, 0.3) is 5.70 Å². The molecule has 0 radical (unpaired) electrons. The molecular weight excluding hydrogens is 238 g/mol. The molecule has 5 nitrogen and oxygen atoms in total. The molecular formula is C14H15N5. The highest BCUT2D eigenvalue weighted by molar-refractivity contribution is 5.65. The van der Waals surface area contributed by atoms with E-state index in [4.69, 9.17) is 5.26 Å². The van der Waals surface area contributed by atoms with Gasteiger partial charge in [0.05, 0.1) is 11.8 Å². The van der Waals surface area contributed by atoms with Crippen molar-refractivity contribution >= 4 is 12.4 Å². The third-order valence-corrected chi connectivity index (χ3v) is 2.88. The van der Waals surface area contributed by atoms with Crippen LogP contribution in [-0.4, -0.2) is 23.2 Å². The summed E-state index contributed by atoms with van der Waals surface area (Å²) >= 11 is 0. The number of hydrogen-bond acceptors (Lipinski definition) is 5. The van der Waals surface area contributed by atoms with Gasteiger partial charge in [0.1, 0.15) is 5.70 Å². The molecule has 19 heavy (non-hydrogen) atoms. The molecule has 1 aromatic heterocycles. The monoisotopic (exact) mass is 253 g/mol. The number of allylic oxidation sites excluding steroid dienone is 3. The van der Waals surface area contributed by atoms with Crippen molar-refractivity contribution in [3.05, 3.63) is 41.0 Å². The van der Waals surface area contributed by atoms with Crippen molar-refractivity contribution in [3.8, 4) is 6.07 Å². The van der Waals surface area contributed by atoms with Crippen LogP contribution in [0.2, 0.25) is 0 Å². The summed E-state index contributed by atoms with van der Waals surface area (Å²) in [6, 6.07) is 2.05. The van der Waals surface area contributed by atoms with Crippen molar-refractivity contribution in [1.29, 1.82) is 5.26 Å². The van der Waals surface area contributed by atoms with Gasteiger partial charge in [-0.2, -0.15) is 5.26 Å². The smallest absolute Gasteiger partial charge is 0.178 e. The minimum atomic E-state index is 0.553. The summed E-state index contributed by atoms with van der Waals surface area (Å²) < 4.78 is 0. The molecule has 2 heterocycles. The molecule has 0 saturated heterocycles. The highest BCUT2D eigenvalue weighted by atomic mass is 15.0. The molecule has 0 bridgehead atoms. The minimum Gasteiger partial charge on any atom is -0.312 e. The second kappa shape index (κ2) is 6.03. The van der Waals surface area contributed by atoms with Gasteiger partial charge in [-0.3, -0.25) is 4.99 Å². The quantitative estimate of drug-likeness (QED) is 0.505. The normalized spacial score (nSPS) is 15.6. The second-order valence-corrected chi connectivity index (χ2v) is 4.26. The van der Waals surface area contributed by atoms with Gasteiger partial charge in [-0.25, -0.2) is 9.97 Å². The summed E-state index contributed by atoms with van der Waals surface area (Å²) in [6.07, 6.45) is 6.12. The van der Waals surface area contributed by atoms with E-state index < -0.39 is 0 Å². The van der Waals surface area contributed by atoms with Crippen LogP contribution in [0.4, 0.5) is 0 Å². The Hall–Kier alpha value is -2.32. The van der Waals surface area contributed by atoms with Crippen LogP contribution in [0, 0.1) is 11.3 Å². The average Bonchev–Trinajstić information content (AvgIpc) is 2.47. The Morgan fingerprint density at radius 3 is 3.16 bits per heavy atom. The maximum atomic E-state index is 8.72. The highest BCUT2D eigenvalue weighted by Crippen LogP contribution is 2.16. The molecule has 1 aliphatic heterocycles. The third kappa shape index (κ3) is 3.12. The molecule has 0 atom stereocenters. The molecule has 0 spiro atoms. The van der Waals surface area contributed by atoms with E-state index in [1.54, 1.807) is 19.1 Å². The molecule has 1 aliphatic rings. The average molecular weight is 253 g/mol. The van der Waals surface area contributed by atoms with E-state index >= 15 is 0 Å². The Kier molecular flexibility index (Phi) is 4.16. The van der Waals surface area contributed by atoms with E-state index in [2.05, 4.69) is 33.1 Å². The Bertz CT molecular complexity index is 592. The van der Waals surface area contributed by atoms with Gasteiger partial charge in [0.2, 0.25) is 0 Å². The fraction of sp³-hybridized carbons (Fsp3) is 0.286. The van der Waals surface area contributed by atoms with Gasteiger partial charge in [-0.15, -0.1) is 0 Å². The molecule has 0 amide bonds. The number of nitrogens with one attached hydrogen (secondary N) is 1. The first-order valence-electron chi connectivity index (χ1n) is 6.06. The van der Waals surface area contributed by atoms with Crippen molar-refractivity contribution < 1.29 is 0 Å². The van der Waals surface area contributed by atoms with Crippen LogP contribution < -0.4 is 5.32 Å². The lowest BCUT2D eigenvalue weighted by molar-refractivity contribution is 0.624. The largest absolute Gasteiger partial charge is 0.312 e. The summed E-state index contributed by atoms with van der Waals surface area (Å²) in [5, 5.41) is 12.0. The number of rotatable bonds is 3. The molecule has 1 aromatic rings. The number of hydrogen-bond donors (Lipinski definition) is 1. The van der Waals surface area contributed by atoms with E-state index in [0.717, 1.165) is 30.8 Å². The fourth-order valence-electron chi connectivity index (χ4n) is 1.80. The molecule has 96 valence electrons. The summed E-state index contributed by atoms with van der Waals surface area (Å²) in [5.74, 6) is 0.553. The molecule has 1 N–H and O–H groups in total. The maximum Gasteiger partial charge on any atom is 0.178 e. The molecule has 5 heteroatoms. The molecule has 2 rings (SSSR count). The van der Waals surface area contributed by atoms with Gasteiger partial charge < -0.3 is 5.32 Å². The first-order valence-corrected chi connectivity index (χ1v) is 6.06. The number of aromatic nitrogens is 2. The zero-order valence-electron chi connectivity index (χ0n) is 10.8. The van der Waals surface area contributed by atoms with Gasteiger partial charge in [0.15, 0.2) is 5.82 Å². The Morgan fingerprint density at radius 1 is 1.58 bits per heavy atom. The summed E-state index contributed by atoms with van der Waals surface area (Å²) in [4.78, 5) is 12.8. The van der Waals surface area contributed by atoms with Crippen LogP contribution in [0.5, 0.6) is 0 Å². The molecule has 0 aromatic carbocycles. The van der Waals surface area contributed by atoms with E-state index in [-0.39, 0.29) is 0 Å². The Morgan fingerprint density at radius 2 is 2.42 bits per heavy atom. The first-order chi connectivity index (χ1) is 9.24. The van der Waals surface area contributed by atoms with E-state index in [9.17, 15) is 0 Å². The standard InChI is InChI=1S/C14H15N5/c1-10(7-15)3-4-13(16-2)14-18-9-11-8-17-6-5-12(11)19-14/h3-4,9,17H,2,5-6,8H2,1H3/b10-3+,13-4-. The summed E-state index contributed by atoms with van der Waals surface area (Å²) in [6.45, 7) is 7.00. The Labute approximate surface area is 112 Å². The van der Waals surface area contributed by atoms with Crippen LogP contribution in [0.3, 0.4) is 0 Å². The van der Waals surface area contributed by atoms with Gasteiger partial charge in [-0.05, 0) is 25.8 Å². The molecule has 0 saturated carbocycles. The van der Waals surface area contributed by atoms with Crippen LogP contribution in [0.1, 0.15) is 24.0 Å². The van der Waals surface area contributed by atoms with Gasteiger partial charge in [-0.1, -0.05) is 0 Å². The predicted octanol–water partition coefficient (Wildman–Crippen LogP) is 1.63. The van der Waals surface area contributed by atoms with Gasteiger partial charge in [0.25, 0.3) is 0 Å². The van der Waals surface area contributed by atoms with Crippen molar-refractivity contribution in [2.45, 2.75) is 19.9 Å². The van der Waals surface area contributed by atoms with Crippen molar-refractivity contribution in [2.75, 3.05) is 6.54 Å². The summed E-state index contributed by atoms with van der Waals surface area (Å²) in [7, 11) is 0. The van der Waals surface area contributed by atoms with Crippen LogP contribution in [-0.2, 0) is 13.0 Å². The predicted molar refractivity (Wildman–Crippen MR) is 74.3 cm³/mol. The summed E-state index contributed by atoms with van der Waals surface area (Å²) in [5.41, 5.74) is 3.36. The number of nitrogens with zero attached hydrogens (tertiary/aromatic N) is 4. The lowest BCUT2D eigenvalue weighted by Gasteiger charge is -2.15. The second-order valence-electron chi connectivity index (χ2n) is 4.26. The molecule has 0 unspecified atom stereocenters. The van der Waals surface area contributed by atoms with Crippen LogP contribution in [0.15, 0.2) is 28.9 Å². The number of fused-ring (bicyclic) bond motifs is 1. The lowest BCUT2D eigenvalue weighted by Crippen LogP contribution is -2.25. The lowest BCUT2D eigenvalue weighted by atomic mass is 10.1.